The Morgan fingerprint density at radius 2 is 2.12 bits per heavy atom. The van der Waals surface area contributed by atoms with Crippen LogP contribution in [0.15, 0.2) is 18.2 Å². The third-order valence-electron chi connectivity index (χ3n) is 2.63. The van der Waals surface area contributed by atoms with E-state index in [0.717, 1.165) is 0 Å². The van der Waals surface area contributed by atoms with Crippen LogP contribution < -0.4 is 5.32 Å². The van der Waals surface area contributed by atoms with Gasteiger partial charge in [0, 0.05) is 10.4 Å². The van der Waals surface area contributed by atoms with Crippen molar-refractivity contribution in [2.24, 2.45) is 0 Å². The summed E-state index contributed by atoms with van der Waals surface area (Å²) >= 11 is 9.02. The van der Waals surface area contributed by atoms with Crippen LogP contribution >= 0.6 is 27.5 Å². The van der Waals surface area contributed by atoms with E-state index in [-0.39, 0.29) is 15.4 Å². The monoisotopic (exact) mass is 321 g/mol. The highest BCUT2D eigenvalue weighted by Gasteiger charge is 2.27. The number of nitrogens with one attached hydrogen (secondary N) is 1. The lowest BCUT2D eigenvalue weighted by Crippen LogP contribution is -2.49. The van der Waals surface area contributed by atoms with E-state index in [1.807, 2.05) is 20.8 Å². The number of carbonyl (C=O) groups is 1. The van der Waals surface area contributed by atoms with E-state index in [4.69, 9.17) is 11.6 Å². The van der Waals surface area contributed by atoms with Crippen molar-refractivity contribution in [1.29, 1.82) is 0 Å². The molecule has 1 N–H and O–H groups in total. The van der Waals surface area contributed by atoms with Crippen LogP contribution in [0.3, 0.4) is 0 Å². The smallest absolute Gasteiger partial charge is 0.254 e. The summed E-state index contributed by atoms with van der Waals surface area (Å²) in [7, 11) is 0. The van der Waals surface area contributed by atoms with Crippen molar-refractivity contribution in [3.63, 3.8) is 0 Å². The maximum Gasteiger partial charge on any atom is 0.254 e. The third kappa shape index (κ3) is 3.42. The number of carbonyl (C=O) groups excluding carboxylic acids is 1. The van der Waals surface area contributed by atoms with Crippen molar-refractivity contribution >= 4 is 33.4 Å². The first-order chi connectivity index (χ1) is 7.75. The lowest BCUT2D eigenvalue weighted by Gasteiger charge is -2.29. The second kappa shape index (κ2) is 5.36. The minimum absolute atomic E-state index is 0.0428. The van der Waals surface area contributed by atoms with Gasteiger partial charge in [-0.2, -0.15) is 0 Å². The second-order valence-electron chi connectivity index (χ2n) is 4.39. The van der Waals surface area contributed by atoms with Gasteiger partial charge in [0.15, 0.2) is 5.82 Å². The van der Waals surface area contributed by atoms with Gasteiger partial charge < -0.3 is 5.32 Å². The van der Waals surface area contributed by atoms with Gasteiger partial charge in [0.25, 0.3) is 5.91 Å². The molecule has 1 unspecified atom stereocenters. The van der Waals surface area contributed by atoms with Gasteiger partial charge in [0.2, 0.25) is 0 Å². The molecule has 0 aromatic heterocycles. The van der Waals surface area contributed by atoms with E-state index in [0.29, 0.717) is 0 Å². The van der Waals surface area contributed by atoms with Crippen LogP contribution in [0.1, 0.15) is 31.1 Å². The van der Waals surface area contributed by atoms with E-state index in [1.54, 1.807) is 6.07 Å². The highest BCUT2D eigenvalue weighted by molar-refractivity contribution is 9.09. The molecule has 2 nitrogen and oxygen atoms in total. The zero-order chi connectivity index (χ0) is 13.2. The molecule has 0 bridgehead atoms. The van der Waals surface area contributed by atoms with Crippen LogP contribution in [0.2, 0.25) is 5.02 Å². The Labute approximate surface area is 114 Å². The Bertz CT molecular complexity index is 435. The lowest BCUT2D eigenvalue weighted by molar-refractivity contribution is 0.0910. The van der Waals surface area contributed by atoms with E-state index < -0.39 is 17.3 Å². The number of halogens is 3. The molecule has 17 heavy (non-hydrogen) atoms. The first-order valence-corrected chi connectivity index (χ1v) is 6.45. The van der Waals surface area contributed by atoms with Gasteiger partial charge in [-0.05, 0) is 26.0 Å². The molecule has 0 radical (unpaired) electrons. The molecular weight excluding hydrogens is 308 g/mol. The van der Waals surface area contributed by atoms with Gasteiger partial charge in [0.05, 0.1) is 10.6 Å². The normalized spacial score (nSPS) is 13.3. The first kappa shape index (κ1) is 14.5. The van der Waals surface area contributed by atoms with Crippen molar-refractivity contribution in [2.45, 2.75) is 31.1 Å². The molecule has 0 saturated heterocycles. The van der Waals surface area contributed by atoms with Crippen LogP contribution in [0.25, 0.3) is 0 Å². The summed E-state index contributed by atoms with van der Waals surface area (Å²) in [6.07, 6.45) is 0. The van der Waals surface area contributed by atoms with Crippen molar-refractivity contribution in [3.8, 4) is 0 Å². The third-order valence-corrected chi connectivity index (χ3v) is 4.06. The van der Waals surface area contributed by atoms with Gasteiger partial charge in [-0.3, -0.25) is 4.79 Å². The molecular formula is C12H14BrClFNO. The highest BCUT2D eigenvalue weighted by atomic mass is 79.9. The molecule has 1 atom stereocenters. The SMILES string of the molecule is CC(Br)C(C)(C)NC(=O)c1cccc(Cl)c1F. The fourth-order valence-electron chi connectivity index (χ4n) is 1.14. The summed E-state index contributed by atoms with van der Waals surface area (Å²) in [5.74, 6) is -1.16. The first-order valence-electron chi connectivity index (χ1n) is 5.16. The fourth-order valence-corrected chi connectivity index (χ4v) is 1.43. The summed E-state index contributed by atoms with van der Waals surface area (Å²) in [5.41, 5.74) is -0.523. The fraction of sp³-hybridized carbons (Fsp3) is 0.417. The van der Waals surface area contributed by atoms with Crippen LogP contribution in [-0.4, -0.2) is 16.3 Å². The van der Waals surface area contributed by atoms with Gasteiger partial charge in [-0.25, -0.2) is 4.39 Å². The molecule has 1 aromatic rings. The summed E-state index contributed by atoms with van der Waals surface area (Å²) < 4.78 is 13.6. The Morgan fingerprint density at radius 1 is 1.53 bits per heavy atom. The number of hydrogen-bond acceptors (Lipinski definition) is 1. The van der Waals surface area contributed by atoms with E-state index >= 15 is 0 Å². The van der Waals surface area contributed by atoms with Crippen LogP contribution in [0, 0.1) is 5.82 Å². The zero-order valence-corrected chi connectivity index (χ0v) is 12.2. The van der Waals surface area contributed by atoms with Gasteiger partial charge in [-0.1, -0.05) is 40.5 Å². The molecule has 0 heterocycles. The molecule has 1 rings (SSSR count). The Balaban J connectivity index is 2.95. The average Bonchev–Trinajstić information content (AvgIpc) is 2.21. The van der Waals surface area contributed by atoms with Gasteiger partial charge >= 0.3 is 0 Å². The summed E-state index contributed by atoms with van der Waals surface area (Å²) in [4.78, 5) is 12.0. The van der Waals surface area contributed by atoms with Crippen molar-refractivity contribution in [3.05, 3.63) is 34.6 Å². The molecule has 0 saturated carbocycles. The van der Waals surface area contributed by atoms with Crippen LogP contribution in [0.5, 0.6) is 0 Å². The molecule has 0 aliphatic rings. The van der Waals surface area contributed by atoms with E-state index in [1.165, 1.54) is 12.1 Å². The quantitative estimate of drug-likeness (QED) is 0.843. The topological polar surface area (TPSA) is 29.1 Å². The predicted octanol–water partition coefficient (Wildman–Crippen LogP) is 3.77. The molecule has 1 aromatic carbocycles. The van der Waals surface area contributed by atoms with Crippen molar-refractivity contribution < 1.29 is 9.18 Å². The maximum atomic E-state index is 13.6. The lowest BCUT2D eigenvalue weighted by atomic mass is 10.0. The van der Waals surface area contributed by atoms with Crippen molar-refractivity contribution in [2.75, 3.05) is 0 Å². The van der Waals surface area contributed by atoms with E-state index in [9.17, 15) is 9.18 Å². The molecule has 1 amide bonds. The van der Waals surface area contributed by atoms with Gasteiger partial charge in [0.1, 0.15) is 0 Å². The maximum absolute atomic E-state index is 13.6. The molecule has 0 spiro atoms. The standard InChI is InChI=1S/C12H14BrClFNO/c1-7(13)12(2,3)16-11(17)8-5-4-6-9(14)10(8)15/h4-7H,1-3H3,(H,16,17). The molecule has 0 aliphatic heterocycles. The van der Waals surface area contributed by atoms with Crippen LogP contribution in [-0.2, 0) is 0 Å². The van der Waals surface area contributed by atoms with Crippen LogP contribution in [0.4, 0.5) is 4.39 Å². The molecule has 94 valence electrons. The minimum atomic E-state index is -0.690. The molecule has 0 aliphatic carbocycles. The van der Waals surface area contributed by atoms with E-state index in [2.05, 4.69) is 21.2 Å². The summed E-state index contributed by atoms with van der Waals surface area (Å²) in [5, 5.41) is 2.70. The summed E-state index contributed by atoms with van der Waals surface area (Å²) in [6, 6.07) is 4.36. The Kier molecular flexibility index (Phi) is 4.55. The Morgan fingerprint density at radius 3 is 2.65 bits per heavy atom. The van der Waals surface area contributed by atoms with Gasteiger partial charge in [-0.15, -0.1) is 0 Å². The number of amides is 1. The molecule has 5 heteroatoms. The number of alkyl halides is 1. The largest absolute Gasteiger partial charge is 0.346 e. The number of benzene rings is 1. The predicted molar refractivity (Wildman–Crippen MR) is 71.3 cm³/mol. The number of rotatable bonds is 3. The average molecular weight is 323 g/mol. The second-order valence-corrected chi connectivity index (χ2v) is 6.17. The summed E-state index contributed by atoms with van der Waals surface area (Å²) in [6.45, 7) is 5.62. The minimum Gasteiger partial charge on any atom is -0.346 e. The number of hydrogen-bond donors (Lipinski definition) is 1. The zero-order valence-electron chi connectivity index (χ0n) is 9.85. The van der Waals surface area contributed by atoms with Crippen molar-refractivity contribution in [1.82, 2.24) is 5.32 Å². The molecule has 0 fully saturated rings. The highest BCUT2D eigenvalue weighted by Crippen LogP contribution is 2.21. The Hall–Kier alpha value is -0.610.